The van der Waals surface area contributed by atoms with Gasteiger partial charge in [-0.1, -0.05) is 18.2 Å². The molecule has 2 aromatic rings. The van der Waals surface area contributed by atoms with E-state index in [9.17, 15) is 4.79 Å². The van der Waals surface area contributed by atoms with Crippen LogP contribution >= 0.6 is 0 Å². The number of hydrogen-bond donors (Lipinski definition) is 2. The summed E-state index contributed by atoms with van der Waals surface area (Å²) in [6.45, 7) is 1.98. The highest BCUT2D eigenvalue weighted by Gasteiger charge is 2.26. The molecule has 1 aliphatic heterocycles. The van der Waals surface area contributed by atoms with E-state index >= 15 is 0 Å². The van der Waals surface area contributed by atoms with Crippen molar-refractivity contribution in [2.75, 3.05) is 19.5 Å². The number of nitrogens with one attached hydrogen (secondary N) is 2. The Morgan fingerprint density at radius 1 is 1.00 bits per heavy atom. The lowest BCUT2D eigenvalue weighted by Crippen LogP contribution is -2.38. The van der Waals surface area contributed by atoms with Gasteiger partial charge in [0.25, 0.3) is 5.91 Å². The summed E-state index contributed by atoms with van der Waals surface area (Å²) in [6, 6.07) is 11.3. The van der Waals surface area contributed by atoms with E-state index in [1.807, 2.05) is 43.3 Å². The number of anilines is 1. The summed E-state index contributed by atoms with van der Waals surface area (Å²) < 4.78 is 10.6. The second-order valence-corrected chi connectivity index (χ2v) is 5.16. The second-order valence-electron chi connectivity index (χ2n) is 5.16. The van der Waals surface area contributed by atoms with Crippen molar-refractivity contribution < 1.29 is 14.3 Å². The summed E-state index contributed by atoms with van der Waals surface area (Å²) in [5.74, 6) is 1.20. The number of ether oxygens (including phenoxy) is 2. The Morgan fingerprint density at radius 3 is 2.50 bits per heavy atom. The van der Waals surface area contributed by atoms with Crippen LogP contribution in [0.25, 0.3) is 0 Å². The largest absolute Gasteiger partial charge is 0.493 e. The fourth-order valence-electron chi connectivity index (χ4n) is 2.64. The van der Waals surface area contributed by atoms with Crippen molar-refractivity contribution in [3.8, 4) is 11.5 Å². The van der Waals surface area contributed by atoms with Crippen LogP contribution in [0.5, 0.6) is 11.5 Å². The van der Waals surface area contributed by atoms with Crippen LogP contribution in [0.2, 0.25) is 0 Å². The van der Waals surface area contributed by atoms with E-state index in [2.05, 4.69) is 10.6 Å². The molecule has 1 amide bonds. The minimum Gasteiger partial charge on any atom is -0.493 e. The maximum atomic E-state index is 12.3. The van der Waals surface area contributed by atoms with Gasteiger partial charge in [-0.3, -0.25) is 4.79 Å². The van der Waals surface area contributed by atoms with Crippen molar-refractivity contribution in [3.05, 3.63) is 53.1 Å². The van der Waals surface area contributed by atoms with Crippen molar-refractivity contribution in [1.82, 2.24) is 5.32 Å². The van der Waals surface area contributed by atoms with Crippen molar-refractivity contribution in [1.29, 1.82) is 0 Å². The molecule has 0 fully saturated rings. The zero-order valence-electron chi connectivity index (χ0n) is 12.8. The highest BCUT2D eigenvalue weighted by atomic mass is 16.5. The molecule has 0 bridgehead atoms. The summed E-state index contributed by atoms with van der Waals surface area (Å²) in [7, 11) is 3.19. The highest BCUT2D eigenvalue weighted by Crippen LogP contribution is 2.33. The molecule has 114 valence electrons. The van der Waals surface area contributed by atoms with Crippen LogP contribution in [0.3, 0.4) is 0 Å². The SMILES string of the molecule is COc1ccc([C@H]2NC(=O)c3cccc(C)c3N2)cc1OC. The van der Waals surface area contributed by atoms with Gasteiger partial charge < -0.3 is 20.1 Å². The van der Waals surface area contributed by atoms with E-state index in [4.69, 9.17) is 9.47 Å². The van der Waals surface area contributed by atoms with E-state index in [0.717, 1.165) is 16.8 Å². The summed E-state index contributed by atoms with van der Waals surface area (Å²) >= 11 is 0. The Bertz CT molecular complexity index is 728. The Kier molecular flexibility index (Phi) is 3.63. The van der Waals surface area contributed by atoms with Gasteiger partial charge in [0.05, 0.1) is 25.5 Å². The van der Waals surface area contributed by atoms with Gasteiger partial charge in [-0.05, 0) is 36.2 Å². The molecule has 22 heavy (non-hydrogen) atoms. The second kappa shape index (κ2) is 5.60. The standard InChI is InChI=1S/C17H18N2O3/c1-10-5-4-6-12-15(10)18-16(19-17(12)20)11-7-8-13(21-2)14(9-11)22-3/h4-9,16,18H,1-3H3,(H,19,20)/t16-/m1/s1. The molecule has 0 saturated carbocycles. The minimum absolute atomic E-state index is 0.0859. The number of rotatable bonds is 3. The first kappa shape index (κ1) is 14.3. The monoisotopic (exact) mass is 298 g/mol. The van der Waals surface area contributed by atoms with Gasteiger partial charge in [0.15, 0.2) is 11.5 Å². The van der Waals surface area contributed by atoms with E-state index in [1.54, 1.807) is 14.2 Å². The molecule has 2 aromatic carbocycles. The quantitative estimate of drug-likeness (QED) is 0.915. The van der Waals surface area contributed by atoms with Gasteiger partial charge in [0.2, 0.25) is 0 Å². The number of carbonyl (C=O) groups excluding carboxylic acids is 1. The predicted molar refractivity (Wildman–Crippen MR) is 84.6 cm³/mol. The smallest absolute Gasteiger partial charge is 0.255 e. The first-order valence-corrected chi connectivity index (χ1v) is 7.03. The molecular weight excluding hydrogens is 280 g/mol. The van der Waals surface area contributed by atoms with E-state index in [1.165, 1.54) is 0 Å². The van der Waals surface area contributed by atoms with Crippen LogP contribution in [0.15, 0.2) is 36.4 Å². The molecular formula is C17H18N2O3. The third-order valence-corrected chi connectivity index (χ3v) is 3.82. The number of carbonyl (C=O) groups is 1. The molecule has 1 heterocycles. The lowest BCUT2D eigenvalue weighted by molar-refractivity contribution is 0.0935. The molecule has 2 N–H and O–H groups in total. The number of para-hydroxylation sites is 1. The van der Waals surface area contributed by atoms with Crippen molar-refractivity contribution in [3.63, 3.8) is 0 Å². The number of hydrogen-bond acceptors (Lipinski definition) is 4. The predicted octanol–water partition coefficient (Wildman–Crippen LogP) is 2.87. The molecule has 0 aromatic heterocycles. The Balaban J connectivity index is 1.98. The molecule has 1 aliphatic rings. The Hall–Kier alpha value is -2.69. The lowest BCUT2D eigenvalue weighted by Gasteiger charge is -2.29. The molecule has 5 nitrogen and oxygen atoms in total. The lowest BCUT2D eigenvalue weighted by atomic mass is 10.0. The fourth-order valence-corrected chi connectivity index (χ4v) is 2.64. The van der Waals surface area contributed by atoms with E-state index in [0.29, 0.717) is 17.1 Å². The molecule has 1 atom stereocenters. The molecule has 0 unspecified atom stereocenters. The third kappa shape index (κ3) is 2.35. The average molecular weight is 298 g/mol. The first-order chi connectivity index (χ1) is 10.6. The van der Waals surface area contributed by atoms with Crippen LogP contribution in [0.1, 0.15) is 27.7 Å². The normalized spacial score (nSPS) is 16.3. The molecule has 0 spiro atoms. The summed E-state index contributed by atoms with van der Waals surface area (Å²) in [4.78, 5) is 12.3. The Morgan fingerprint density at radius 2 is 1.77 bits per heavy atom. The van der Waals surface area contributed by atoms with Gasteiger partial charge in [-0.15, -0.1) is 0 Å². The van der Waals surface area contributed by atoms with Crippen LogP contribution < -0.4 is 20.1 Å². The average Bonchev–Trinajstić information content (AvgIpc) is 2.55. The summed E-state index contributed by atoms with van der Waals surface area (Å²) in [6.07, 6.45) is -0.305. The number of amides is 1. The van der Waals surface area contributed by atoms with Gasteiger partial charge in [-0.25, -0.2) is 0 Å². The fraction of sp³-hybridized carbons (Fsp3) is 0.235. The van der Waals surface area contributed by atoms with Crippen LogP contribution in [0, 0.1) is 6.92 Å². The maximum Gasteiger partial charge on any atom is 0.255 e. The van der Waals surface area contributed by atoms with Gasteiger partial charge in [-0.2, -0.15) is 0 Å². The van der Waals surface area contributed by atoms with Gasteiger partial charge in [0.1, 0.15) is 6.17 Å². The molecule has 0 radical (unpaired) electrons. The Labute approximate surface area is 129 Å². The number of benzene rings is 2. The number of aryl methyl sites for hydroxylation is 1. The van der Waals surface area contributed by atoms with Crippen LogP contribution in [-0.2, 0) is 0 Å². The third-order valence-electron chi connectivity index (χ3n) is 3.82. The summed E-state index contributed by atoms with van der Waals surface area (Å²) in [5, 5.41) is 6.33. The topological polar surface area (TPSA) is 59.6 Å². The highest BCUT2D eigenvalue weighted by molar-refractivity contribution is 6.02. The van der Waals surface area contributed by atoms with Crippen LogP contribution in [0.4, 0.5) is 5.69 Å². The molecule has 0 saturated heterocycles. The summed E-state index contributed by atoms with van der Waals surface area (Å²) in [5.41, 5.74) is 3.47. The van der Waals surface area contributed by atoms with Gasteiger partial charge >= 0.3 is 0 Å². The van der Waals surface area contributed by atoms with Gasteiger partial charge in [0, 0.05) is 0 Å². The molecule has 5 heteroatoms. The maximum absolute atomic E-state index is 12.3. The van der Waals surface area contributed by atoms with Crippen molar-refractivity contribution >= 4 is 11.6 Å². The number of methoxy groups -OCH3 is 2. The zero-order chi connectivity index (χ0) is 15.7. The van der Waals surface area contributed by atoms with Crippen LogP contribution in [-0.4, -0.2) is 20.1 Å². The van der Waals surface area contributed by atoms with Crippen molar-refractivity contribution in [2.45, 2.75) is 13.1 Å². The number of fused-ring (bicyclic) bond motifs is 1. The minimum atomic E-state index is -0.305. The first-order valence-electron chi connectivity index (χ1n) is 7.03. The molecule has 0 aliphatic carbocycles. The zero-order valence-corrected chi connectivity index (χ0v) is 12.8. The van der Waals surface area contributed by atoms with E-state index < -0.39 is 0 Å². The van der Waals surface area contributed by atoms with Crippen molar-refractivity contribution in [2.24, 2.45) is 0 Å². The molecule has 3 rings (SSSR count). The van der Waals surface area contributed by atoms with E-state index in [-0.39, 0.29) is 12.1 Å².